The van der Waals surface area contributed by atoms with Crippen molar-refractivity contribution in [1.29, 1.82) is 0 Å². The first-order valence-electron chi connectivity index (χ1n) is 5.27. The minimum Gasteiger partial charge on any atom is -0.792 e. The van der Waals surface area contributed by atoms with Gasteiger partial charge in [0.1, 0.15) is 0 Å². The number of nitrogens with zero attached hydrogens (tertiary/aromatic N) is 2. The van der Waals surface area contributed by atoms with Gasteiger partial charge in [0.25, 0.3) is 5.91 Å². The Hall–Kier alpha value is -2.69. The van der Waals surface area contributed by atoms with Gasteiger partial charge in [-0.2, -0.15) is 0 Å². The van der Waals surface area contributed by atoms with Crippen LogP contribution in [0.4, 0.5) is 5.69 Å². The van der Waals surface area contributed by atoms with Gasteiger partial charge in [-0.15, -0.1) is 0 Å². The number of hydrogen-bond donors (Lipinski definition) is 1. The summed E-state index contributed by atoms with van der Waals surface area (Å²) in [5.41, 5.74) is 1.54. The predicted molar refractivity (Wildman–Crippen MR) is 69.6 cm³/mol. The number of aromatic nitrogens is 1. The zero-order valence-corrected chi connectivity index (χ0v) is 9.41. The molecular weight excluding hydrogens is 230 g/mol. The summed E-state index contributed by atoms with van der Waals surface area (Å²) in [7, 11) is 0. The number of nitrogens with one attached hydrogen (secondary N) is 1. The Kier molecular flexibility index (Phi) is 3.66. The highest BCUT2D eigenvalue weighted by Crippen LogP contribution is 2.14. The van der Waals surface area contributed by atoms with Gasteiger partial charge in [0.15, 0.2) is 0 Å². The third kappa shape index (κ3) is 2.70. The molecule has 1 aromatic heterocycles. The summed E-state index contributed by atoms with van der Waals surface area (Å²) in [5, 5.41) is 15.7. The summed E-state index contributed by atoms with van der Waals surface area (Å²) < 4.78 is 0. The van der Waals surface area contributed by atoms with Crippen molar-refractivity contribution in [2.45, 2.75) is 0 Å². The Labute approximate surface area is 104 Å². The average molecular weight is 240 g/mol. The molecule has 0 saturated carbocycles. The van der Waals surface area contributed by atoms with E-state index >= 15 is 0 Å². The molecule has 0 radical (unpaired) electrons. The SMILES string of the molecule is O=C(Nc1ccccc1/C=N\[O-])c1cccnc1. The summed E-state index contributed by atoms with van der Waals surface area (Å²) in [5.74, 6) is -0.283. The monoisotopic (exact) mass is 240 g/mol. The van der Waals surface area contributed by atoms with Gasteiger partial charge in [-0.1, -0.05) is 18.2 Å². The normalized spacial score (nSPS) is 10.4. The molecule has 0 aliphatic heterocycles. The first-order chi connectivity index (χ1) is 8.81. The van der Waals surface area contributed by atoms with Crippen molar-refractivity contribution < 1.29 is 4.79 Å². The summed E-state index contributed by atoms with van der Waals surface area (Å²) in [6, 6.07) is 10.3. The summed E-state index contributed by atoms with van der Waals surface area (Å²) in [4.78, 5) is 15.8. The molecule has 0 aliphatic rings. The second-order valence-corrected chi connectivity index (χ2v) is 3.52. The molecule has 0 spiro atoms. The van der Waals surface area contributed by atoms with E-state index in [1.54, 1.807) is 42.6 Å². The van der Waals surface area contributed by atoms with Crippen molar-refractivity contribution in [1.82, 2.24) is 4.98 Å². The van der Waals surface area contributed by atoms with Crippen LogP contribution in [0.2, 0.25) is 0 Å². The van der Waals surface area contributed by atoms with Crippen LogP contribution in [0.3, 0.4) is 0 Å². The van der Waals surface area contributed by atoms with Gasteiger partial charge in [0.2, 0.25) is 0 Å². The fourth-order valence-corrected chi connectivity index (χ4v) is 1.47. The van der Waals surface area contributed by atoms with Crippen LogP contribution in [0.15, 0.2) is 53.9 Å². The quantitative estimate of drug-likeness (QED) is 0.660. The number of para-hydroxylation sites is 1. The van der Waals surface area contributed by atoms with Crippen LogP contribution >= 0.6 is 0 Å². The lowest BCUT2D eigenvalue weighted by atomic mass is 10.2. The van der Waals surface area contributed by atoms with E-state index in [-0.39, 0.29) is 5.91 Å². The second kappa shape index (κ2) is 5.58. The molecule has 5 nitrogen and oxygen atoms in total. The number of pyridine rings is 1. The molecule has 5 heteroatoms. The van der Waals surface area contributed by atoms with Gasteiger partial charge >= 0.3 is 0 Å². The maximum Gasteiger partial charge on any atom is 0.257 e. The van der Waals surface area contributed by atoms with Crippen molar-refractivity contribution in [2.75, 3.05) is 5.32 Å². The smallest absolute Gasteiger partial charge is 0.257 e. The van der Waals surface area contributed by atoms with Gasteiger partial charge in [-0.25, -0.2) is 0 Å². The maximum absolute atomic E-state index is 11.9. The molecule has 0 atom stereocenters. The number of carbonyl (C=O) groups excluding carboxylic acids is 1. The molecule has 90 valence electrons. The van der Waals surface area contributed by atoms with Crippen LogP contribution in [0.5, 0.6) is 0 Å². The van der Waals surface area contributed by atoms with Crippen LogP contribution in [0.1, 0.15) is 15.9 Å². The number of anilines is 1. The largest absolute Gasteiger partial charge is 0.792 e. The topological polar surface area (TPSA) is 77.4 Å². The minimum absolute atomic E-state index is 0.283. The molecule has 1 N–H and O–H groups in total. The van der Waals surface area contributed by atoms with Crippen LogP contribution in [0, 0.1) is 5.21 Å². The van der Waals surface area contributed by atoms with Crippen molar-refractivity contribution in [3.8, 4) is 0 Å². The van der Waals surface area contributed by atoms with Crippen molar-refractivity contribution in [3.63, 3.8) is 0 Å². The molecular formula is C13H10N3O2-. The van der Waals surface area contributed by atoms with Gasteiger partial charge in [0, 0.05) is 29.9 Å². The molecule has 0 bridgehead atoms. The number of amides is 1. The summed E-state index contributed by atoms with van der Waals surface area (Å²) in [6.45, 7) is 0. The molecule has 1 heterocycles. The van der Waals surface area contributed by atoms with E-state index in [0.717, 1.165) is 6.21 Å². The van der Waals surface area contributed by atoms with Gasteiger partial charge in [0.05, 0.1) is 5.56 Å². The van der Waals surface area contributed by atoms with Crippen molar-refractivity contribution in [2.24, 2.45) is 5.16 Å². The Morgan fingerprint density at radius 2 is 2.11 bits per heavy atom. The Morgan fingerprint density at radius 1 is 1.28 bits per heavy atom. The highest BCUT2D eigenvalue weighted by atomic mass is 16.4. The predicted octanol–water partition coefficient (Wildman–Crippen LogP) is 2.25. The van der Waals surface area contributed by atoms with Crippen LogP contribution in [-0.4, -0.2) is 17.1 Å². The third-order valence-corrected chi connectivity index (χ3v) is 2.32. The first kappa shape index (κ1) is 11.8. The number of rotatable bonds is 3. The molecule has 0 unspecified atom stereocenters. The van der Waals surface area contributed by atoms with E-state index in [4.69, 9.17) is 0 Å². The fraction of sp³-hybridized carbons (Fsp3) is 0. The maximum atomic E-state index is 11.9. The molecule has 1 aromatic carbocycles. The lowest BCUT2D eigenvalue weighted by Crippen LogP contribution is -2.13. The molecule has 18 heavy (non-hydrogen) atoms. The Morgan fingerprint density at radius 3 is 2.83 bits per heavy atom. The summed E-state index contributed by atoms with van der Waals surface area (Å²) >= 11 is 0. The minimum atomic E-state index is -0.283. The highest BCUT2D eigenvalue weighted by Gasteiger charge is 2.07. The molecule has 0 fully saturated rings. The van der Waals surface area contributed by atoms with Crippen molar-refractivity contribution >= 4 is 17.8 Å². The van der Waals surface area contributed by atoms with Crippen molar-refractivity contribution in [3.05, 3.63) is 65.1 Å². The van der Waals surface area contributed by atoms with Gasteiger partial charge in [-0.05, 0) is 18.2 Å². The Balaban J connectivity index is 2.22. The van der Waals surface area contributed by atoms with E-state index in [2.05, 4.69) is 15.5 Å². The van der Waals surface area contributed by atoms with Gasteiger partial charge < -0.3 is 15.7 Å². The molecule has 0 saturated heterocycles. The van der Waals surface area contributed by atoms with E-state index < -0.39 is 0 Å². The first-order valence-corrected chi connectivity index (χ1v) is 5.27. The zero-order chi connectivity index (χ0) is 12.8. The highest BCUT2D eigenvalue weighted by molar-refractivity contribution is 6.06. The van der Waals surface area contributed by atoms with E-state index in [1.807, 2.05) is 0 Å². The molecule has 2 aromatic rings. The number of hydrogen-bond acceptors (Lipinski definition) is 4. The lowest BCUT2D eigenvalue weighted by molar-refractivity contribution is 0.102. The molecule has 1 amide bonds. The van der Waals surface area contributed by atoms with Crippen LogP contribution < -0.4 is 5.32 Å². The van der Waals surface area contributed by atoms with E-state index in [1.165, 1.54) is 6.20 Å². The lowest BCUT2D eigenvalue weighted by Gasteiger charge is -2.08. The van der Waals surface area contributed by atoms with E-state index in [0.29, 0.717) is 16.8 Å². The number of carbonyl (C=O) groups is 1. The number of benzene rings is 1. The second-order valence-electron chi connectivity index (χ2n) is 3.52. The molecule has 0 aliphatic carbocycles. The summed E-state index contributed by atoms with van der Waals surface area (Å²) in [6.07, 6.45) is 4.22. The third-order valence-electron chi connectivity index (χ3n) is 2.32. The molecule has 2 rings (SSSR count). The Bertz CT molecular complexity index is 567. The van der Waals surface area contributed by atoms with Crippen LogP contribution in [-0.2, 0) is 0 Å². The van der Waals surface area contributed by atoms with Crippen LogP contribution in [0.25, 0.3) is 0 Å². The average Bonchev–Trinajstić information content (AvgIpc) is 2.42. The van der Waals surface area contributed by atoms with Gasteiger partial charge in [-0.3, -0.25) is 9.78 Å². The standard InChI is InChI=1S/C13H11N3O2/c17-13(11-5-3-7-14-8-11)16-12-6-2-1-4-10(12)9-15-18/h1-9,18H,(H,16,17)/p-1/b15-9-. The fourth-order valence-electron chi connectivity index (χ4n) is 1.47. The van der Waals surface area contributed by atoms with E-state index in [9.17, 15) is 10.0 Å². The zero-order valence-electron chi connectivity index (χ0n) is 9.41.